The molecule has 0 saturated heterocycles. The van der Waals surface area contributed by atoms with E-state index in [2.05, 4.69) is 58.3 Å². The Hall–Kier alpha value is -0.780. The van der Waals surface area contributed by atoms with Gasteiger partial charge in [0, 0.05) is 39.8 Å². The highest BCUT2D eigenvalue weighted by Crippen LogP contribution is 2.21. The highest BCUT2D eigenvalue weighted by molar-refractivity contribution is 9.10. The van der Waals surface area contributed by atoms with Crippen molar-refractivity contribution in [2.24, 2.45) is 5.73 Å². The van der Waals surface area contributed by atoms with E-state index in [0.29, 0.717) is 0 Å². The number of hydrogen-bond donors (Lipinski definition) is 1. The van der Waals surface area contributed by atoms with Gasteiger partial charge in [0.05, 0.1) is 5.69 Å². The molecule has 2 aromatic rings. The first-order valence-corrected chi connectivity index (χ1v) is 8.53. The van der Waals surface area contributed by atoms with Gasteiger partial charge in [-0.1, -0.05) is 15.9 Å². The van der Waals surface area contributed by atoms with Crippen molar-refractivity contribution in [2.75, 3.05) is 5.75 Å². The molecule has 0 aliphatic rings. The van der Waals surface area contributed by atoms with E-state index in [-0.39, 0.29) is 6.04 Å². The second kappa shape index (κ2) is 7.29. The van der Waals surface area contributed by atoms with Gasteiger partial charge in [-0.05, 0) is 44.2 Å². The predicted octanol–water partition coefficient (Wildman–Crippen LogP) is 3.64. The zero-order valence-electron chi connectivity index (χ0n) is 11.8. The summed E-state index contributed by atoms with van der Waals surface area (Å²) in [5.74, 6) is 0.912. The molecule has 1 aromatic heterocycles. The number of thioether (sulfide) groups is 1. The van der Waals surface area contributed by atoms with Crippen LogP contribution in [-0.2, 0) is 13.0 Å². The van der Waals surface area contributed by atoms with Crippen LogP contribution in [0.1, 0.15) is 18.3 Å². The molecule has 2 N–H and O–H groups in total. The summed E-state index contributed by atoms with van der Waals surface area (Å²) in [5, 5.41) is 4.46. The van der Waals surface area contributed by atoms with Crippen molar-refractivity contribution in [2.45, 2.75) is 37.8 Å². The lowest BCUT2D eigenvalue weighted by atomic mass is 10.2. The maximum Gasteiger partial charge on any atom is 0.0596 e. The predicted molar refractivity (Wildman–Crippen MR) is 89.2 cm³/mol. The van der Waals surface area contributed by atoms with Crippen LogP contribution in [0, 0.1) is 6.92 Å². The van der Waals surface area contributed by atoms with Crippen LogP contribution in [0.15, 0.2) is 39.7 Å². The van der Waals surface area contributed by atoms with Crippen LogP contribution in [0.3, 0.4) is 0 Å². The third-order valence-electron chi connectivity index (χ3n) is 3.03. The second-order valence-electron chi connectivity index (χ2n) is 4.82. The van der Waals surface area contributed by atoms with Crippen molar-refractivity contribution < 1.29 is 0 Å². The molecule has 1 aromatic carbocycles. The number of nitrogens with zero attached hydrogens (tertiary/aromatic N) is 2. The fourth-order valence-corrected chi connectivity index (χ4v) is 3.22. The van der Waals surface area contributed by atoms with Gasteiger partial charge in [-0.2, -0.15) is 5.10 Å². The van der Waals surface area contributed by atoms with E-state index < -0.39 is 0 Å². The van der Waals surface area contributed by atoms with Crippen LogP contribution in [0.25, 0.3) is 0 Å². The normalized spacial score (nSPS) is 12.6. The molecule has 5 heteroatoms. The lowest BCUT2D eigenvalue weighted by Gasteiger charge is -2.12. The third kappa shape index (κ3) is 4.36. The van der Waals surface area contributed by atoms with Crippen molar-refractivity contribution in [3.8, 4) is 0 Å². The number of nitrogens with two attached hydrogens (primary N) is 1. The Morgan fingerprint density at radius 2 is 2.05 bits per heavy atom. The first-order valence-electron chi connectivity index (χ1n) is 6.75. The highest BCUT2D eigenvalue weighted by Gasteiger charge is 2.10. The molecule has 0 bridgehead atoms. The van der Waals surface area contributed by atoms with E-state index in [1.54, 1.807) is 11.8 Å². The Morgan fingerprint density at radius 3 is 2.70 bits per heavy atom. The molecule has 0 amide bonds. The van der Waals surface area contributed by atoms with Gasteiger partial charge in [0.1, 0.15) is 0 Å². The maximum atomic E-state index is 6.25. The van der Waals surface area contributed by atoms with Crippen molar-refractivity contribution in [3.63, 3.8) is 0 Å². The van der Waals surface area contributed by atoms with E-state index in [1.807, 2.05) is 11.6 Å². The Balaban J connectivity index is 1.88. The molecular formula is C15H20BrN3S. The number of benzene rings is 1. The summed E-state index contributed by atoms with van der Waals surface area (Å²) < 4.78 is 3.15. The van der Waals surface area contributed by atoms with Crippen molar-refractivity contribution in [1.82, 2.24) is 9.78 Å². The minimum atomic E-state index is 0.144. The summed E-state index contributed by atoms with van der Waals surface area (Å²) >= 11 is 5.25. The fourth-order valence-electron chi connectivity index (χ4n) is 2.10. The van der Waals surface area contributed by atoms with Gasteiger partial charge in [0.25, 0.3) is 0 Å². The molecule has 1 unspecified atom stereocenters. The van der Waals surface area contributed by atoms with E-state index in [9.17, 15) is 0 Å². The number of hydrogen-bond acceptors (Lipinski definition) is 3. The molecule has 1 heterocycles. The van der Waals surface area contributed by atoms with Gasteiger partial charge in [0.15, 0.2) is 0 Å². The van der Waals surface area contributed by atoms with Gasteiger partial charge in [-0.15, -0.1) is 11.8 Å². The number of halogens is 1. The molecule has 0 aliphatic carbocycles. The molecule has 0 spiro atoms. The molecular weight excluding hydrogens is 334 g/mol. The van der Waals surface area contributed by atoms with Crippen molar-refractivity contribution in [3.05, 3.63) is 46.2 Å². The van der Waals surface area contributed by atoms with Crippen LogP contribution in [0.2, 0.25) is 0 Å². The van der Waals surface area contributed by atoms with Gasteiger partial charge in [0.2, 0.25) is 0 Å². The SMILES string of the molecule is CCn1nc(C)cc1CC(N)CSc1ccc(Br)cc1. The number of rotatable bonds is 6. The summed E-state index contributed by atoms with van der Waals surface area (Å²) in [7, 11) is 0. The molecule has 20 heavy (non-hydrogen) atoms. The van der Waals surface area contributed by atoms with Crippen molar-refractivity contribution >= 4 is 27.7 Å². The summed E-state index contributed by atoms with van der Waals surface area (Å²) in [4.78, 5) is 1.25. The molecule has 0 saturated carbocycles. The van der Waals surface area contributed by atoms with Gasteiger partial charge in [-0.25, -0.2) is 0 Å². The Morgan fingerprint density at radius 1 is 1.35 bits per heavy atom. The van der Waals surface area contributed by atoms with Gasteiger partial charge < -0.3 is 5.73 Å². The standard InChI is InChI=1S/C15H20BrN3S/c1-3-19-14(8-11(2)18-19)9-13(17)10-20-15-6-4-12(16)5-7-15/h4-8,13H,3,9-10,17H2,1-2H3. The Bertz CT molecular complexity index is 551. The quantitative estimate of drug-likeness (QED) is 0.806. The van der Waals surface area contributed by atoms with Crippen LogP contribution >= 0.6 is 27.7 Å². The largest absolute Gasteiger partial charge is 0.327 e. The summed E-state index contributed by atoms with van der Waals surface area (Å²) in [6.07, 6.45) is 0.873. The molecule has 2 rings (SSSR count). The molecule has 0 aliphatic heterocycles. The van der Waals surface area contributed by atoms with Crippen molar-refractivity contribution in [1.29, 1.82) is 0 Å². The summed E-state index contributed by atoms with van der Waals surface area (Å²) in [6, 6.07) is 10.6. The van der Waals surface area contributed by atoms with E-state index in [1.165, 1.54) is 10.6 Å². The first-order chi connectivity index (χ1) is 9.58. The van der Waals surface area contributed by atoms with Crippen LogP contribution in [-0.4, -0.2) is 21.6 Å². The lowest BCUT2D eigenvalue weighted by molar-refractivity contribution is 0.594. The Labute approximate surface area is 133 Å². The second-order valence-corrected chi connectivity index (χ2v) is 6.83. The highest BCUT2D eigenvalue weighted by atomic mass is 79.9. The smallest absolute Gasteiger partial charge is 0.0596 e. The first kappa shape index (κ1) is 15.6. The Kier molecular flexibility index (Phi) is 5.69. The van der Waals surface area contributed by atoms with E-state index >= 15 is 0 Å². The molecule has 0 radical (unpaired) electrons. The average Bonchev–Trinajstić information content (AvgIpc) is 2.78. The third-order valence-corrected chi connectivity index (χ3v) is 4.76. The molecule has 108 valence electrons. The molecule has 0 fully saturated rings. The number of aromatic nitrogens is 2. The average molecular weight is 354 g/mol. The fraction of sp³-hybridized carbons (Fsp3) is 0.400. The topological polar surface area (TPSA) is 43.8 Å². The van der Waals surface area contributed by atoms with Gasteiger partial charge >= 0.3 is 0 Å². The van der Waals surface area contributed by atoms with Crippen LogP contribution < -0.4 is 5.73 Å². The summed E-state index contributed by atoms with van der Waals surface area (Å²) in [5.41, 5.74) is 8.54. The minimum Gasteiger partial charge on any atom is -0.327 e. The van der Waals surface area contributed by atoms with E-state index in [4.69, 9.17) is 5.73 Å². The van der Waals surface area contributed by atoms with E-state index in [0.717, 1.165) is 28.9 Å². The zero-order valence-corrected chi connectivity index (χ0v) is 14.2. The van der Waals surface area contributed by atoms with Crippen LogP contribution in [0.4, 0.5) is 0 Å². The van der Waals surface area contributed by atoms with Crippen LogP contribution in [0.5, 0.6) is 0 Å². The lowest BCUT2D eigenvalue weighted by Crippen LogP contribution is -2.26. The number of aryl methyl sites for hydroxylation is 2. The molecule has 3 nitrogen and oxygen atoms in total. The molecule has 1 atom stereocenters. The monoisotopic (exact) mass is 353 g/mol. The zero-order chi connectivity index (χ0) is 14.5. The van der Waals surface area contributed by atoms with Gasteiger partial charge in [-0.3, -0.25) is 4.68 Å². The summed E-state index contributed by atoms with van der Waals surface area (Å²) in [6.45, 7) is 5.03. The maximum absolute atomic E-state index is 6.25. The minimum absolute atomic E-state index is 0.144.